The standard InChI is InChI=1S/C11H11N5.ClH.2Cr.2H2O.5O/c12-10-7-6-9(11(13)14-10)16-15-8-4-2-1-3-5-8;;;;;;;;;;/h1-7H,(H4,12,13,14);1H;;;2*1H2;;;;;/q;;2*+1;;;;;;;/p-2/b16-15+;;;;;;;;;;. The third kappa shape index (κ3) is 10.8. The molecule has 2 aromatic rings. The van der Waals surface area contributed by atoms with Crippen LogP contribution in [0.4, 0.5) is 23.0 Å². The van der Waals surface area contributed by atoms with Gasteiger partial charge in [-0.15, -0.1) is 17.5 Å². The third-order valence-electron chi connectivity index (χ3n) is 2.13. The number of hydrogen-bond acceptors (Lipinski definition) is 10. The summed E-state index contributed by atoms with van der Waals surface area (Å²) >= 11 is -11.5. The molecular weight excluding hydrogens is 454 g/mol. The molecule has 12 nitrogen and oxygen atoms in total. The van der Waals surface area contributed by atoms with E-state index < -0.39 is 27.2 Å². The van der Waals surface area contributed by atoms with Crippen LogP contribution in [0.15, 0.2) is 52.7 Å². The molecule has 0 radical (unpaired) electrons. The maximum atomic E-state index is 9.53. The number of rotatable bonds is 4. The van der Waals surface area contributed by atoms with E-state index in [-0.39, 0.29) is 18.2 Å². The summed E-state index contributed by atoms with van der Waals surface area (Å²) in [6.07, 6.45) is 0. The first-order valence-electron chi connectivity index (χ1n) is 6.11. The zero-order valence-corrected chi connectivity index (χ0v) is 16.1. The van der Waals surface area contributed by atoms with E-state index in [0.717, 1.165) is 5.69 Å². The maximum absolute atomic E-state index is 9.53. The number of aromatic nitrogens is 1. The number of azo groups is 1. The van der Waals surface area contributed by atoms with Crippen molar-refractivity contribution in [1.29, 1.82) is 0 Å². The van der Waals surface area contributed by atoms with Crippen LogP contribution in [0.2, 0.25) is 0 Å². The summed E-state index contributed by atoms with van der Waals surface area (Å²) < 4.78 is 56.3. The summed E-state index contributed by atoms with van der Waals surface area (Å²) in [4.78, 5) is 3.89. The zero-order valence-electron chi connectivity index (χ0n) is 12.7. The van der Waals surface area contributed by atoms with E-state index in [1.54, 1.807) is 12.1 Å². The van der Waals surface area contributed by atoms with Crippen molar-refractivity contribution in [2.45, 2.75) is 0 Å². The molecule has 1 heterocycles. The van der Waals surface area contributed by atoms with Gasteiger partial charge in [0.1, 0.15) is 11.5 Å². The Morgan fingerprint density at radius 1 is 0.885 bits per heavy atom. The Morgan fingerprint density at radius 2 is 1.42 bits per heavy atom. The fourth-order valence-corrected chi connectivity index (χ4v) is 3.02. The summed E-state index contributed by atoms with van der Waals surface area (Å²) in [7, 11) is 0. The monoisotopic (exact) mass is 467 g/mol. The number of hydrogen-bond donors (Lipinski definition) is 4. The van der Waals surface area contributed by atoms with Gasteiger partial charge in [-0.25, -0.2) is 4.98 Å². The Bertz CT molecular complexity index is 922. The summed E-state index contributed by atoms with van der Waals surface area (Å²) in [5.41, 5.74) is 12.4. The SMILES string of the molecule is Cl.Nc1ccc(/N=N/c2ccccc2)c(N)n1.[O]=[Cr](=[O])([OH])[O][Cr](=[O])(=[O])[OH]. The van der Waals surface area contributed by atoms with E-state index in [1.807, 2.05) is 30.3 Å². The predicted molar refractivity (Wildman–Crippen MR) is 79.2 cm³/mol. The molecule has 144 valence electrons. The molecule has 0 fully saturated rings. The van der Waals surface area contributed by atoms with Crippen LogP contribution in [0, 0.1) is 0 Å². The van der Waals surface area contributed by atoms with Crippen molar-refractivity contribution >= 4 is 35.4 Å². The quantitative estimate of drug-likeness (QED) is 0.475. The van der Waals surface area contributed by atoms with Crippen LogP contribution in [0.1, 0.15) is 0 Å². The Balaban J connectivity index is 0.000000543. The van der Waals surface area contributed by atoms with Gasteiger partial charge in [-0.05, 0) is 24.3 Å². The van der Waals surface area contributed by atoms with E-state index in [0.29, 0.717) is 11.5 Å². The van der Waals surface area contributed by atoms with Gasteiger partial charge in [-0.2, -0.15) is 5.11 Å². The molecule has 15 heteroatoms. The van der Waals surface area contributed by atoms with Crippen molar-refractivity contribution in [3.63, 3.8) is 0 Å². The normalized spacial score (nSPS) is 11.3. The zero-order chi connectivity index (χ0) is 19.1. The molecule has 1 aromatic heterocycles. The molecule has 0 aliphatic rings. The Morgan fingerprint density at radius 3 is 1.85 bits per heavy atom. The van der Waals surface area contributed by atoms with Gasteiger partial charge in [0, 0.05) is 0 Å². The van der Waals surface area contributed by atoms with Gasteiger partial charge < -0.3 is 11.5 Å². The first-order chi connectivity index (χ1) is 11.5. The minimum absolute atomic E-state index is 0. The van der Waals surface area contributed by atoms with E-state index >= 15 is 0 Å². The molecular formula is C11H14ClCr2N5O7. The number of nitrogens with zero attached hydrogens (tertiary/aromatic N) is 3. The molecule has 0 saturated heterocycles. The number of nitrogens with two attached hydrogens (primary N) is 2. The summed E-state index contributed by atoms with van der Waals surface area (Å²) in [6, 6.07) is 12.7. The molecule has 0 aliphatic heterocycles. The third-order valence-corrected chi connectivity index (χ3v) is 4.88. The minimum atomic E-state index is -5.76. The van der Waals surface area contributed by atoms with Crippen molar-refractivity contribution in [2.24, 2.45) is 10.2 Å². The summed E-state index contributed by atoms with van der Waals surface area (Å²) in [5, 5.41) is 8.03. The van der Waals surface area contributed by atoms with E-state index in [4.69, 9.17) is 19.8 Å². The van der Waals surface area contributed by atoms with Gasteiger partial charge in [0.15, 0.2) is 5.82 Å². The number of benzene rings is 1. The fourth-order valence-electron chi connectivity index (χ4n) is 1.28. The van der Waals surface area contributed by atoms with E-state index in [9.17, 15) is 15.2 Å². The molecule has 0 unspecified atom stereocenters. The number of anilines is 2. The van der Waals surface area contributed by atoms with Crippen molar-refractivity contribution in [1.82, 2.24) is 4.98 Å². The fraction of sp³-hybridized carbons (Fsp3) is 0. The van der Waals surface area contributed by atoms with Crippen molar-refractivity contribution in [3.05, 3.63) is 42.5 Å². The number of pyridine rings is 1. The van der Waals surface area contributed by atoms with Gasteiger partial charge >= 0.3 is 53.6 Å². The van der Waals surface area contributed by atoms with E-state index in [2.05, 4.69) is 18.1 Å². The van der Waals surface area contributed by atoms with Crippen LogP contribution >= 0.6 is 12.4 Å². The van der Waals surface area contributed by atoms with Crippen LogP contribution in [-0.2, 0) is 45.3 Å². The topological polar surface area (TPSA) is 208 Å². The van der Waals surface area contributed by atoms with Crippen LogP contribution in [0.5, 0.6) is 0 Å². The second-order valence-electron chi connectivity index (χ2n) is 4.10. The van der Waals surface area contributed by atoms with Gasteiger partial charge in [-0.1, -0.05) is 18.2 Å². The van der Waals surface area contributed by atoms with Crippen LogP contribution in [-0.4, -0.2) is 13.3 Å². The molecule has 0 aliphatic carbocycles. The summed E-state index contributed by atoms with van der Waals surface area (Å²) in [6.45, 7) is 0. The number of halogens is 1. The molecule has 1 aromatic carbocycles. The van der Waals surface area contributed by atoms with Gasteiger partial charge in [0.05, 0.1) is 5.69 Å². The molecule has 0 amide bonds. The Kier molecular flexibility index (Phi) is 9.44. The first-order valence-corrected chi connectivity index (χ1v) is 10.4. The van der Waals surface area contributed by atoms with Crippen molar-refractivity contribution in [3.8, 4) is 0 Å². The predicted octanol–water partition coefficient (Wildman–Crippen LogP) is 1.42. The second-order valence-corrected chi connectivity index (χ2v) is 7.86. The molecule has 0 atom stereocenters. The molecule has 26 heavy (non-hydrogen) atoms. The molecule has 2 rings (SSSR count). The first kappa shape index (κ1) is 24.0. The second kappa shape index (κ2) is 10.2. The summed E-state index contributed by atoms with van der Waals surface area (Å²) in [5.74, 6) is 0.649. The molecule has 6 N–H and O–H groups in total. The average Bonchev–Trinajstić information content (AvgIpc) is 2.44. The molecule has 0 bridgehead atoms. The van der Waals surface area contributed by atoms with Gasteiger partial charge in [0.2, 0.25) is 0 Å². The molecule has 0 spiro atoms. The van der Waals surface area contributed by atoms with Crippen LogP contribution < -0.4 is 11.5 Å². The Hall–Kier alpha value is -2.00. The average molecular weight is 468 g/mol. The van der Waals surface area contributed by atoms with Gasteiger partial charge in [0.25, 0.3) is 0 Å². The van der Waals surface area contributed by atoms with E-state index in [1.165, 1.54) is 0 Å². The van der Waals surface area contributed by atoms with Crippen LogP contribution in [0.25, 0.3) is 0 Å². The van der Waals surface area contributed by atoms with Crippen LogP contribution in [0.3, 0.4) is 0 Å². The Labute approximate surface area is 158 Å². The van der Waals surface area contributed by atoms with Crippen molar-refractivity contribution < 1.29 is 53.6 Å². The molecule has 0 saturated carbocycles. The van der Waals surface area contributed by atoms with Gasteiger partial charge in [-0.3, -0.25) is 0 Å². The van der Waals surface area contributed by atoms with Crippen molar-refractivity contribution in [2.75, 3.05) is 11.5 Å². The number of nitrogen functional groups attached to an aromatic ring is 2.